The maximum atomic E-state index is 12.5. The van der Waals surface area contributed by atoms with E-state index >= 15 is 0 Å². The van der Waals surface area contributed by atoms with Crippen molar-refractivity contribution in [2.45, 2.75) is 19.3 Å². The number of carbonyl (C=O) groups excluding carboxylic acids is 1. The molecule has 3 heteroatoms. The first kappa shape index (κ1) is 11.5. The summed E-state index contributed by atoms with van der Waals surface area (Å²) in [6.45, 7) is 2.78. The van der Waals surface area contributed by atoms with Gasteiger partial charge in [-0.1, -0.05) is 24.3 Å². The molecule has 0 fully saturated rings. The topological polar surface area (TPSA) is 20.3 Å². The first-order chi connectivity index (χ1) is 8.81. The smallest absolute Gasteiger partial charge is 0.234 e. The van der Waals surface area contributed by atoms with Gasteiger partial charge in [0.2, 0.25) is 5.91 Å². The van der Waals surface area contributed by atoms with Gasteiger partial charge in [-0.25, -0.2) is 0 Å². The van der Waals surface area contributed by atoms with Gasteiger partial charge in [0.25, 0.3) is 0 Å². The number of anilines is 1. The lowest BCUT2D eigenvalue weighted by Gasteiger charge is -2.14. The molecule has 0 aliphatic carbocycles. The van der Waals surface area contributed by atoms with Crippen molar-refractivity contribution in [3.05, 3.63) is 52.2 Å². The molecule has 0 saturated heterocycles. The summed E-state index contributed by atoms with van der Waals surface area (Å²) in [5.74, 6) is 0.242. The molecule has 0 spiro atoms. The van der Waals surface area contributed by atoms with E-state index in [9.17, 15) is 4.79 Å². The van der Waals surface area contributed by atoms with Crippen LogP contribution in [0.3, 0.4) is 0 Å². The number of benzene rings is 1. The molecule has 0 bridgehead atoms. The van der Waals surface area contributed by atoms with Crippen LogP contribution in [0.15, 0.2) is 41.8 Å². The predicted molar refractivity (Wildman–Crippen MR) is 75.2 cm³/mol. The zero-order chi connectivity index (χ0) is 12.5. The Balaban J connectivity index is 1.98. The molecule has 0 N–H and O–H groups in total. The van der Waals surface area contributed by atoms with Crippen LogP contribution in [-0.4, -0.2) is 12.5 Å². The molecule has 1 aromatic heterocycles. The molecule has 92 valence electrons. The number of likely N-dealkylation sites (N-methyl/N-ethyl adjacent to an activating group) is 1. The lowest BCUT2D eigenvalue weighted by molar-refractivity contribution is -0.119. The number of para-hydroxylation sites is 1. The van der Waals surface area contributed by atoms with Gasteiger partial charge in [-0.05, 0) is 36.4 Å². The highest BCUT2D eigenvalue weighted by Crippen LogP contribution is 2.39. The van der Waals surface area contributed by atoms with E-state index in [2.05, 4.69) is 17.5 Å². The third kappa shape index (κ3) is 1.75. The number of nitrogens with zero attached hydrogens (tertiary/aromatic N) is 1. The highest BCUT2D eigenvalue weighted by molar-refractivity contribution is 7.09. The summed E-state index contributed by atoms with van der Waals surface area (Å²) in [6, 6.07) is 12.3. The molecule has 2 nitrogen and oxygen atoms in total. The Morgan fingerprint density at radius 2 is 2.06 bits per heavy atom. The largest absolute Gasteiger partial charge is 0.312 e. The number of fused-ring (bicyclic) bond motifs is 1. The number of amides is 1. The van der Waals surface area contributed by atoms with Gasteiger partial charge in [0.05, 0.1) is 5.92 Å². The Hall–Kier alpha value is -1.61. The SMILES string of the molecule is CCN1C(=O)[C@H](Cc2cccs2)c2ccccc21. The van der Waals surface area contributed by atoms with Gasteiger partial charge >= 0.3 is 0 Å². The summed E-state index contributed by atoms with van der Waals surface area (Å²) < 4.78 is 0. The Kier molecular flexibility index (Phi) is 2.92. The minimum Gasteiger partial charge on any atom is -0.312 e. The molecule has 1 atom stereocenters. The van der Waals surface area contributed by atoms with Crippen LogP contribution in [0.2, 0.25) is 0 Å². The summed E-state index contributed by atoms with van der Waals surface area (Å²) in [5.41, 5.74) is 2.27. The summed E-state index contributed by atoms with van der Waals surface area (Å²) >= 11 is 1.72. The molecule has 2 heterocycles. The van der Waals surface area contributed by atoms with E-state index in [1.165, 1.54) is 10.4 Å². The number of hydrogen-bond acceptors (Lipinski definition) is 2. The van der Waals surface area contributed by atoms with Crippen molar-refractivity contribution in [1.29, 1.82) is 0 Å². The zero-order valence-electron chi connectivity index (χ0n) is 10.3. The first-order valence-electron chi connectivity index (χ1n) is 6.24. The molecule has 1 aliphatic rings. The van der Waals surface area contributed by atoms with Gasteiger partial charge in [0, 0.05) is 17.1 Å². The molecule has 0 radical (unpaired) electrons. The molecular formula is C15H15NOS. The molecular weight excluding hydrogens is 242 g/mol. The van der Waals surface area contributed by atoms with E-state index in [4.69, 9.17) is 0 Å². The Morgan fingerprint density at radius 3 is 2.78 bits per heavy atom. The van der Waals surface area contributed by atoms with Crippen LogP contribution in [0, 0.1) is 0 Å². The molecule has 3 rings (SSSR count). The van der Waals surface area contributed by atoms with Crippen molar-refractivity contribution >= 4 is 22.9 Å². The number of thiophene rings is 1. The van der Waals surface area contributed by atoms with Gasteiger partial charge in [-0.2, -0.15) is 0 Å². The maximum absolute atomic E-state index is 12.5. The van der Waals surface area contributed by atoms with E-state index in [1.807, 2.05) is 36.1 Å². The fraction of sp³-hybridized carbons (Fsp3) is 0.267. The van der Waals surface area contributed by atoms with Crippen molar-refractivity contribution in [3.63, 3.8) is 0 Å². The van der Waals surface area contributed by atoms with Crippen molar-refractivity contribution in [1.82, 2.24) is 0 Å². The van der Waals surface area contributed by atoms with Crippen LogP contribution in [0.25, 0.3) is 0 Å². The minimum absolute atomic E-state index is 0.000185. The molecule has 18 heavy (non-hydrogen) atoms. The monoisotopic (exact) mass is 257 g/mol. The second-order valence-corrected chi connectivity index (χ2v) is 5.51. The highest BCUT2D eigenvalue weighted by atomic mass is 32.1. The lowest BCUT2D eigenvalue weighted by atomic mass is 9.97. The van der Waals surface area contributed by atoms with Crippen LogP contribution in [0.5, 0.6) is 0 Å². The first-order valence-corrected chi connectivity index (χ1v) is 7.12. The van der Waals surface area contributed by atoms with E-state index in [0.717, 1.165) is 18.7 Å². The van der Waals surface area contributed by atoms with Gasteiger partial charge in [-0.15, -0.1) is 11.3 Å². The molecule has 0 saturated carbocycles. The van der Waals surface area contributed by atoms with Crippen molar-refractivity contribution in [3.8, 4) is 0 Å². The third-order valence-corrected chi connectivity index (χ3v) is 4.37. The van der Waals surface area contributed by atoms with Gasteiger partial charge < -0.3 is 4.90 Å². The standard InChI is InChI=1S/C15H15NOS/c1-2-16-14-8-4-3-7-12(14)13(15(16)17)10-11-6-5-9-18-11/h3-9,13H,2,10H2,1H3/t13-/m1/s1. The third-order valence-electron chi connectivity index (χ3n) is 3.47. The summed E-state index contributed by atoms with van der Waals surface area (Å²) in [4.78, 5) is 15.6. The number of rotatable bonds is 3. The summed E-state index contributed by atoms with van der Waals surface area (Å²) in [7, 11) is 0. The predicted octanol–water partition coefficient (Wildman–Crippen LogP) is 3.44. The molecule has 1 aromatic carbocycles. The van der Waals surface area contributed by atoms with E-state index < -0.39 is 0 Å². The lowest BCUT2D eigenvalue weighted by Crippen LogP contribution is -2.28. The van der Waals surface area contributed by atoms with Crippen molar-refractivity contribution < 1.29 is 4.79 Å². The van der Waals surface area contributed by atoms with Crippen LogP contribution in [-0.2, 0) is 11.2 Å². The van der Waals surface area contributed by atoms with Gasteiger partial charge in [0.1, 0.15) is 0 Å². The second kappa shape index (κ2) is 4.58. The van der Waals surface area contributed by atoms with E-state index in [0.29, 0.717) is 0 Å². The van der Waals surface area contributed by atoms with Crippen LogP contribution >= 0.6 is 11.3 Å². The van der Waals surface area contributed by atoms with Crippen molar-refractivity contribution in [2.24, 2.45) is 0 Å². The molecule has 1 aliphatic heterocycles. The average molecular weight is 257 g/mol. The van der Waals surface area contributed by atoms with Crippen LogP contribution in [0.1, 0.15) is 23.3 Å². The summed E-state index contributed by atoms with van der Waals surface area (Å²) in [6.07, 6.45) is 0.823. The Morgan fingerprint density at radius 1 is 1.22 bits per heavy atom. The molecule has 1 amide bonds. The average Bonchev–Trinajstić information content (AvgIpc) is 2.98. The van der Waals surface area contributed by atoms with Gasteiger partial charge in [-0.3, -0.25) is 4.79 Å². The minimum atomic E-state index is -0.000185. The van der Waals surface area contributed by atoms with E-state index in [1.54, 1.807) is 11.3 Å². The quantitative estimate of drug-likeness (QED) is 0.825. The normalized spacial score (nSPS) is 18.2. The Bertz CT molecular complexity index is 562. The van der Waals surface area contributed by atoms with Crippen LogP contribution < -0.4 is 4.90 Å². The van der Waals surface area contributed by atoms with E-state index in [-0.39, 0.29) is 11.8 Å². The maximum Gasteiger partial charge on any atom is 0.234 e. The zero-order valence-corrected chi connectivity index (χ0v) is 11.1. The Labute approximate surface area is 111 Å². The highest BCUT2D eigenvalue weighted by Gasteiger charge is 2.35. The second-order valence-electron chi connectivity index (χ2n) is 4.48. The number of carbonyl (C=O) groups is 1. The molecule has 2 aromatic rings. The fourth-order valence-electron chi connectivity index (χ4n) is 2.62. The van der Waals surface area contributed by atoms with Gasteiger partial charge in [0.15, 0.2) is 0 Å². The van der Waals surface area contributed by atoms with Crippen molar-refractivity contribution in [2.75, 3.05) is 11.4 Å². The van der Waals surface area contributed by atoms with Crippen LogP contribution in [0.4, 0.5) is 5.69 Å². The fourth-order valence-corrected chi connectivity index (χ4v) is 3.37. The number of hydrogen-bond donors (Lipinski definition) is 0. The summed E-state index contributed by atoms with van der Waals surface area (Å²) in [5, 5.41) is 2.07. The molecule has 0 unspecified atom stereocenters.